The first-order chi connectivity index (χ1) is 13.7. The number of nitrogens with zero attached hydrogens (tertiary/aromatic N) is 4. The third kappa shape index (κ3) is 4.00. The van der Waals surface area contributed by atoms with Gasteiger partial charge >= 0.3 is 0 Å². The molecule has 0 saturated heterocycles. The van der Waals surface area contributed by atoms with Gasteiger partial charge in [-0.2, -0.15) is 9.90 Å². The number of fused-ring (bicyclic) bond motifs is 1. The molecule has 0 unspecified atom stereocenters. The van der Waals surface area contributed by atoms with Gasteiger partial charge in [0, 0.05) is 11.3 Å². The smallest absolute Gasteiger partial charge is 0.279 e. The van der Waals surface area contributed by atoms with Gasteiger partial charge in [0.25, 0.3) is 5.91 Å². The van der Waals surface area contributed by atoms with Crippen LogP contribution in [0.3, 0.4) is 0 Å². The number of aryl methyl sites for hydroxylation is 1. The lowest BCUT2D eigenvalue weighted by molar-refractivity contribution is 0.102. The van der Waals surface area contributed by atoms with Crippen LogP contribution < -0.4 is 5.32 Å². The molecule has 0 atom stereocenters. The van der Waals surface area contributed by atoms with E-state index < -0.39 is 15.7 Å². The number of amides is 1. The van der Waals surface area contributed by atoms with E-state index in [-0.39, 0.29) is 10.6 Å². The summed E-state index contributed by atoms with van der Waals surface area (Å²) in [4.78, 5) is 18.5. The quantitative estimate of drug-likeness (QED) is 0.513. The highest BCUT2D eigenvalue weighted by atomic mass is 35.5. The first kappa shape index (κ1) is 19.5. The average Bonchev–Trinajstić information content (AvgIpc) is 3.23. The molecular weight excluding hydrogens is 434 g/mol. The minimum Gasteiger partial charge on any atom is -0.296 e. The van der Waals surface area contributed by atoms with Crippen LogP contribution in [0.4, 0.5) is 5.13 Å². The third-order valence-corrected chi connectivity index (χ3v) is 6.32. The molecule has 4 rings (SSSR count). The highest BCUT2D eigenvalue weighted by Crippen LogP contribution is 2.28. The van der Waals surface area contributed by atoms with E-state index in [2.05, 4.69) is 20.5 Å². The maximum absolute atomic E-state index is 12.7. The largest absolute Gasteiger partial charge is 0.296 e. The molecular formula is C18H14ClN5O3S2. The van der Waals surface area contributed by atoms with Crippen LogP contribution in [0.15, 0.2) is 47.4 Å². The molecule has 1 amide bonds. The zero-order chi connectivity index (χ0) is 20.8. The highest BCUT2D eigenvalue weighted by Gasteiger charge is 2.19. The Hall–Kier alpha value is -2.82. The van der Waals surface area contributed by atoms with Crippen molar-refractivity contribution in [2.24, 2.45) is 0 Å². The molecule has 2 heterocycles. The molecule has 8 nitrogen and oxygen atoms in total. The van der Waals surface area contributed by atoms with E-state index >= 15 is 0 Å². The molecule has 0 bridgehead atoms. The van der Waals surface area contributed by atoms with Crippen LogP contribution in [0.2, 0.25) is 5.02 Å². The van der Waals surface area contributed by atoms with E-state index in [9.17, 15) is 13.2 Å². The number of halogens is 1. The molecule has 0 saturated carbocycles. The number of carbonyl (C=O) groups is 1. The standard InChI is InChI=1S/C18H14ClN5O3S2/c1-10-16(23-24(22-10)12-5-3-4-11(19)8-12)17(25)21-18-20-14-7-6-13(29(2,26)27)9-15(14)28-18/h3-9H,1-2H3,(H,20,21,25). The van der Waals surface area contributed by atoms with Gasteiger partial charge in [0.1, 0.15) is 0 Å². The van der Waals surface area contributed by atoms with Gasteiger partial charge in [-0.3, -0.25) is 10.1 Å². The molecule has 1 N–H and O–H groups in total. The molecule has 148 valence electrons. The monoisotopic (exact) mass is 447 g/mol. The average molecular weight is 448 g/mol. The number of thiazole rings is 1. The molecule has 11 heteroatoms. The normalized spacial score (nSPS) is 11.7. The minimum absolute atomic E-state index is 0.154. The van der Waals surface area contributed by atoms with E-state index in [0.717, 1.165) is 6.26 Å². The van der Waals surface area contributed by atoms with Crippen molar-refractivity contribution in [2.75, 3.05) is 11.6 Å². The van der Waals surface area contributed by atoms with Crippen molar-refractivity contribution >= 4 is 54.0 Å². The fraction of sp³-hybridized carbons (Fsp3) is 0.111. The summed E-state index contributed by atoms with van der Waals surface area (Å²) in [5.74, 6) is -0.460. The van der Waals surface area contributed by atoms with Crippen molar-refractivity contribution in [3.63, 3.8) is 0 Å². The second kappa shape index (κ2) is 7.21. The number of hydrogen-bond acceptors (Lipinski definition) is 7. The zero-order valence-corrected chi connectivity index (χ0v) is 17.6. The van der Waals surface area contributed by atoms with Crippen LogP contribution in [-0.2, 0) is 9.84 Å². The van der Waals surface area contributed by atoms with Crippen molar-refractivity contribution < 1.29 is 13.2 Å². The lowest BCUT2D eigenvalue weighted by Gasteiger charge is -1.99. The molecule has 29 heavy (non-hydrogen) atoms. The summed E-state index contributed by atoms with van der Waals surface area (Å²) in [7, 11) is -3.32. The lowest BCUT2D eigenvalue weighted by Crippen LogP contribution is -2.14. The van der Waals surface area contributed by atoms with Gasteiger partial charge in [-0.05, 0) is 43.3 Å². The van der Waals surface area contributed by atoms with Gasteiger partial charge in [0.2, 0.25) is 0 Å². The molecule has 0 aliphatic rings. The number of rotatable bonds is 4. The Morgan fingerprint density at radius 1 is 1.17 bits per heavy atom. The molecule has 2 aromatic heterocycles. The van der Waals surface area contributed by atoms with Crippen LogP contribution >= 0.6 is 22.9 Å². The molecule has 0 aliphatic carbocycles. The summed E-state index contributed by atoms with van der Waals surface area (Å²) in [6.45, 7) is 1.68. The van der Waals surface area contributed by atoms with Crippen molar-refractivity contribution in [3.05, 3.63) is 58.9 Å². The number of aromatic nitrogens is 4. The first-order valence-corrected chi connectivity index (χ1v) is 11.4. The molecule has 0 fully saturated rings. The first-order valence-electron chi connectivity index (χ1n) is 8.32. The summed E-state index contributed by atoms with van der Waals surface area (Å²) in [5.41, 5.74) is 1.83. The van der Waals surface area contributed by atoms with Crippen molar-refractivity contribution in [1.29, 1.82) is 0 Å². The van der Waals surface area contributed by atoms with Crippen LogP contribution in [-0.4, -0.2) is 40.6 Å². The Balaban J connectivity index is 1.61. The van der Waals surface area contributed by atoms with Gasteiger partial charge < -0.3 is 0 Å². The number of sulfone groups is 1. The molecule has 0 spiro atoms. The maximum Gasteiger partial charge on any atom is 0.279 e. The summed E-state index contributed by atoms with van der Waals surface area (Å²) < 4.78 is 24.1. The lowest BCUT2D eigenvalue weighted by atomic mass is 10.3. The van der Waals surface area contributed by atoms with Crippen molar-refractivity contribution in [3.8, 4) is 5.69 Å². The van der Waals surface area contributed by atoms with Crippen molar-refractivity contribution in [2.45, 2.75) is 11.8 Å². The number of nitrogens with one attached hydrogen (secondary N) is 1. The zero-order valence-electron chi connectivity index (χ0n) is 15.2. The summed E-state index contributed by atoms with van der Waals surface area (Å²) in [5, 5.41) is 12.1. The van der Waals surface area contributed by atoms with Gasteiger partial charge in [-0.1, -0.05) is 29.0 Å². The van der Waals surface area contributed by atoms with Crippen LogP contribution in [0, 0.1) is 6.92 Å². The van der Waals surface area contributed by atoms with Gasteiger partial charge in [-0.15, -0.1) is 5.10 Å². The van der Waals surface area contributed by atoms with Crippen molar-refractivity contribution in [1.82, 2.24) is 20.0 Å². The maximum atomic E-state index is 12.7. The van der Waals surface area contributed by atoms with E-state index in [4.69, 9.17) is 11.6 Å². The number of carbonyl (C=O) groups excluding carboxylic acids is 1. The molecule has 0 aliphatic heterocycles. The van der Waals surface area contributed by atoms with Gasteiger partial charge in [-0.25, -0.2) is 13.4 Å². The van der Waals surface area contributed by atoms with E-state index in [1.165, 1.54) is 22.2 Å². The van der Waals surface area contributed by atoms with E-state index in [1.54, 1.807) is 43.3 Å². The summed E-state index contributed by atoms with van der Waals surface area (Å²) in [6.07, 6.45) is 1.14. The predicted molar refractivity (Wildman–Crippen MR) is 112 cm³/mol. The topological polar surface area (TPSA) is 107 Å². The SMILES string of the molecule is Cc1nn(-c2cccc(Cl)c2)nc1C(=O)Nc1nc2ccc(S(C)(=O)=O)cc2s1. The van der Waals surface area contributed by atoms with E-state index in [1.807, 2.05) is 0 Å². The Morgan fingerprint density at radius 3 is 2.69 bits per heavy atom. The summed E-state index contributed by atoms with van der Waals surface area (Å²) >= 11 is 7.18. The van der Waals surface area contributed by atoms with Gasteiger partial charge in [0.15, 0.2) is 20.7 Å². The Bertz CT molecular complexity index is 1360. The minimum atomic E-state index is -3.32. The fourth-order valence-electron chi connectivity index (χ4n) is 2.65. The third-order valence-electron chi connectivity index (χ3n) is 4.04. The number of hydrogen-bond donors (Lipinski definition) is 1. The van der Waals surface area contributed by atoms with E-state index in [0.29, 0.717) is 31.8 Å². The number of benzene rings is 2. The summed E-state index contributed by atoms with van der Waals surface area (Å²) in [6, 6.07) is 11.6. The van der Waals surface area contributed by atoms with Crippen LogP contribution in [0.1, 0.15) is 16.2 Å². The Labute approximate surface area is 175 Å². The van der Waals surface area contributed by atoms with Crippen LogP contribution in [0.5, 0.6) is 0 Å². The van der Waals surface area contributed by atoms with Gasteiger partial charge in [0.05, 0.1) is 26.5 Å². The second-order valence-electron chi connectivity index (χ2n) is 6.28. The Morgan fingerprint density at radius 2 is 1.97 bits per heavy atom. The Kier molecular flexibility index (Phi) is 4.85. The molecule has 4 aromatic rings. The predicted octanol–water partition coefficient (Wildman–Crippen LogP) is 3.49. The fourth-order valence-corrected chi connectivity index (χ4v) is 4.46. The van der Waals surface area contributed by atoms with Crippen LogP contribution in [0.25, 0.3) is 15.9 Å². The molecule has 2 aromatic carbocycles. The molecule has 0 radical (unpaired) electrons. The highest BCUT2D eigenvalue weighted by molar-refractivity contribution is 7.90. The second-order valence-corrected chi connectivity index (χ2v) is 9.76. The number of anilines is 1.